The van der Waals surface area contributed by atoms with Crippen LogP contribution in [0.2, 0.25) is 0 Å². The number of hydrogen-bond donors (Lipinski definition) is 1. The zero-order valence-electron chi connectivity index (χ0n) is 12.3. The van der Waals surface area contributed by atoms with E-state index in [0.717, 1.165) is 11.1 Å². The van der Waals surface area contributed by atoms with Gasteiger partial charge >= 0.3 is 0 Å². The van der Waals surface area contributed by atoms with Gasteiger partial charge in [-0.3, -0.25) is 10.1 Å². The molecule has 0 saturated carbocycles. The average Bonchev–Trinajstić information content (AvgIpc) is 2.42. The highest BCUT2D eigenvalue weighted by Crippen LogP contribution is 2.33. The van der Waals surface area contributed by atoms with Crippen LogP contribution in [0.15, 0.2) is 36.4 Å². The predicted molar refractivity (Wildman–Crippen MR) is 82.9 cm³/mol. The fourth-order valence-corrected chi connectivity index (χ4v) is 1.95. The Morgan fingerprint density at radius 2 is 1.86 bits per heavy atom. The van der Waals surface area contributed by atoms with Gasteiger partial charge in [-0.2, -0.15) is 0 Å². The molecule has 5 heteroatoms. The molecule has 110 valence electrons. The van der Waals surface area contributed by atoms with Gasteiger partial charge < -0.3 is 10.5 Å². The van der Waals surface area contributed by atoms with Crippen LogP contribution >= 0.6 is 0 Å². The summed E-state index contributed by atoms with van der Waals surface area (Å²) in [7, 11) is 0. The lowest BCUT2D eigenvalue weighted by Crippen LogP contribution is -1.97. The van der Waals surface area contributed by atoms with E-state index in [1.165, 1.54) is 18.2 Å². The van der Waals surface area contributed by atoms with E-state index in [9.17, 15) is 10.1 Å². The molecule has 2 aromatic rings. The molecule has 0 atom stereocenters. The highest BCUT2D eigenvalue weighted by atomic mass is 16.6. The predicted octanol–water partition coefficient (Wildman–Crippen LogP) is 4.40. The Morgan fingerprint density at radius 3 is 2.43 bits per heavy atom. The normalized spacial score (nSPS) is 10.7. The first kappa shape index (κ1) is 14.8. The molecule has 0 amide bonds. The van der Waals surface area contributed by atoms with Crippen LogP contribution < -0.4 is 10.5 Å². The molecule has 2 N–H and O–H groups in total. The summed E-state index contributed by atoms with van der Waals surface area (Å²) in [5.74, 6) is 1.52. The number of nitro benzene ring substituents is 1. The molecule has 0 saturated heterocycles. The topological polar surface area (TPSA) is 78.4 Å². The maximum Gasteiger partial charge on any atom is 0.271 e. The van der Waals surface area contributed by atoms with Gasteiger partial charge in [0.05, 0.1) is 10.6 Å². The Bertz CT molecular complexity index is 681. The molecule has 0 aliphatic rings. The summed E-state index contributed by atoms with van der Waals surface area (Å²) >= 11 is 0. The standard InChI is InChI=1S/C16H18N2O3/c1-10(2)12-5-4-11(3)16(8-12)21-15-7-6-13(18(19)20)9-14(15)17/h4-10H,17H2,1-3H3. The van der Waals surface area contributed by atoms with Crippen molar-refractivity contribution in [3.05, 3.63) is 57.6 Å². The second-order valence-electron chi connectivity index (χ2n) is 5.26. The van der Waals surface area contributed by atoms with E-state index in [0.29, 0.717) is 17.4 Å². The highest BCUT2D eigenvalue weighted by molar-refractivity contribution is 5.59. The van der Waals surface area contributed by atoms with Crippen molar-refractivity contribution < 1.29 is 9.66 Å². The molecular weight excluding hydrogens is 268 g/mol. The minimum absolute atomic E-state index is 0.0486. The summed E-state index contributed by atoms with van der Waals surface area (Å²) in [6.45, 7) is 6.16. The molecule has 5 nitrogen and oxygen atoms in total. The molecule has 0 aliphatic carbocycles. The summed E-state index contributed by atoms with van der Waals surface area (Å²) in [6.07, 6.45) is 0. The number of nitrogens with zero attached hydrogens (tertiary/aromatic N) is 1. The number of nitrogens with two attached hydrogens (primary N) is 1. The van der Waals surface area contributed by atoms with Gasteiger partial charge in [-0.15, -0.1) is 0 Å². The molecule has 21 heavy (non-hydrogen) atoms. The Hall–Kier alpha value is -2.56. The van der Waals surface area contributed by atoms with E-state index < -0.39 is 4.92 Å². The van der Waals surface area contributed by atoms with Gasteiger partial charge in [-0.1, -0.05) is 26.0 Å². The number of anilines is 1. The van der Waals surface area contributed by atoms with Crippen LogP contribution in [0.25, 0.3) is 0 Å². The molecule has 0 heterocycles. The number of non-ortho nitro benzene ring substituents is 1. The monoisotopic (exact) mass is 286 g/mol. The van der Waals surface area contributed by atoms with Gasteiger partial charge in [0.15, 0.2) is 5.75 Å². The molecule has 2 aromatic carbocycles. The largest absolute Gasteiger partial charge is 0.455 e. The van der Waals surface area contributed by atoms with E-state index in [2.05, 4.69) is 19.9 Å². The maximum atomic E-state index is 10.7. The van der Waals surface area contributed by atoms with E-state index in [1.807, 2.05) is 19.1 Å². The lowest BCUT2D eigenvalue weighted by atomic mass is 10.0. The number of hydrogen-bond acceptors (Lipinski definition) is 4. The van der Waals surface area contributed by atoms with Crippen molar-refractivity contribution in [1.29, 1.82) is 0 Å². The number of aryl methyl sites for hydroxylation is 1. The average molecular weight is 286 g/mol. The van der Waals surface area contributed by atoms with Gasteiger partial charge in [0.2, 0.25) is 0 Å². The molecule has 0 aromatic heterocycles. The van der Waals surface area contributed by atoms with Crippen LogP contribution in [-0.4, -0.2) is 4.92 Å². The number of nitrogen functional groups attached to an aromatic ring is 1. The van der Waals surface area contributed by atoms with Gasteiger partial charge in [-0.25, -0.2) is 0 Å². The fourth-order valence-electron chi connectivity index (χ4n) is 1.95. The summed E-state index contributed by atoms with van der Waals surface area (Å²) in [6, 6.07) is 10.2. The van der Waals surface area contributed by atoms with Crippen molar-refractivity contribution in [2.24, 2.45) is 0 Å². The molecule has 2 rings (SSSR count). The number of ether oxygens (including phenoxy) is 1. The minimum atomic E-state index is -0.481. The van der Waals surface area contributed by atoms with Crippen molar-refractivity contribution in [2.75, 3.05) is 5.73 Å². The van der Waals surface area contributed by atoms with Crippen molar-refractivity contribution in [3.8, 4) is 11.5 Å². The highest BCUT2D eigenvalue weighted by Gasteiger charge is 2.12. The smallest absolute Gasteiger partial charge is 0.271 e. The summed E-state index contributed by atoms with van der Waals surface area (Å²) in [5, 5.41) is 10.7. The quantitative estimate of drug-likeness (QED) is 0.513. The molecule has 0 radical (unpaired) electrons. The van der Waals surface area contributed by atoms with Crippen LogP contribution in [-0.2, 0) is 0 Å². The first-order chi connectivity index (χ1) is 9.88. The Morgan fingerprint density at radius 1 is 1.14 bits per heavy atom. The molecule has 0 unspecified atom stereocenters. The van der Waals surface area contributed by atoms with Crippen LogP contribution in [0.4, 0.5) is 11.4 Å². The second-order valence-corrected chi connectivity index (χ2v) is 5.26. The van der Waals surface area contributed by atoms with Gasteiger partial charge in [-0.05, 0) is 36.1 Å². The molecular formula is C16H18N2O3. The van der Waals surface area contributed by atoms with E-state index in [4.69, 9.17) is 10.5 Å². The summed E-state index contributed by atoms with van der Waals surface area (Å²) < 4.78 is 5.82. The number of benzene rings is 2. The van der Waals surface area contributed by atoms with Crippen LogP contribution in [0, 0.1) is 17.0 Å². The minimum Gasteiger partial charge on any atom is -0.455 e. The van der Waals surface area contributed by atoms with Crippen molar-refractivity contribution in [3.63, 3.8) is 0 Å². The zero-order valence-corrected chi connectivity index (χ0v) is 12.3. The van der Waals surface area contributed by atoms with Gasteiger partial charge in [0, 0.05) is 12.1 Å². The lowest BCUT2D eigenvalue weighted by Gasteiger charge is -2.13. The van der Waals surface area contributed by atoms with Crippen LogP contribution in [0.5, 0.6) is 11.5 Å². The first-order valence-corrected chi connectivity index (χ1v) is 6.71. The Kier molecular flexibility index (Phi) is 4.12. The second kappa shape index (κ2) is 5.83. The summed E-state index contributed by atoms with van der Waals surface area (Å²) in [4.78, 5) is 10.2. The third-order valence-electron chi connectivity index (χ3n) is 3.30. The van der Waals surface area contributed by atoms with Crippen molar-refractivity contribution in [2.45, 2.75) is 26.7 Å². The van der Waals surface area contributed by atoms with E-state index >= 15 is 0 Å². The Balaban J connectivity index is 2.34. The van der Waals surface area contributed by atoms with Crippen LogP contribution in [0.3, 0.4) is 0 Å². The third kappa shape index (κ3) is 3.31. The zero-order chi connectivity index (χ0) is 15.6. The lowest BCUT2D eigenvalue weighted by molar-refractivity contribution is -0.384. The van der Waals surface area contributed by atoms with E-state index in [-0.39, 0.29) is 11.4 Å². The van der Waals surface area contributed by atoms with Crippen molar-refractivity contribution >= 4 is 11.4 Å². The number of rotatable bonds is 4. The molecule has 0 bridgehead atoms. The fraction of sp³-hybridized carbons (Fsp3) is 0.250. The van der Waals surface area contributed by atoms with Crippen LogP contribution in [0.1, 0.15) is 30.9 Å². The maximum absolute atomic E-state index is 10.7. The van der Waals surface area contributed by atoms with E-state index in [1.54, 1.807) is 0 Å². The van der Waals surface area contributed by atoms with Gasteiger partial charge in [0.25, 0.3) is 5.69 Å². The van der Waals surface area contributed by atoms with Crippen molar-refractivity contribution in [1.82, 2.24) is 0 Å². The number of nitro groups is 1. The third-order valence-corrected chi connectivity index (χ3v) is 3.30. The summed E-state index contributed by atoms with van der Waals surface area (Å²) in [5.41, 5.74) is 8.17. The molecule has 0 aliphatic heterocycles. The molecule has 0 spiro atoms. The Labute approximate surface area is 123 Å². The molecule has 0 fully saturated rings. The van der Waals surface area contributed by atoms with Gasteiger partial charge in [0.1, 0.15) is 5.75 Å². The SMILES string of the molecule is Cc1ccc(C(C)C)cc1Oc1ccc([N+](=O)[O-])cc1N. The first-order valence-electron chi connectivity index (χ1n) is 6.71.